The van der Waals surface area contributed by atoms with Gasteiger partial charge in [0.25, 0.3) is 5.91 Å². The second-order valence-corrected chi connectivity index (χ2v) is 6.54. The van der Waals surface area contributed by atoms with Gasteiger partial charge in [0, 0.05) is 46.8 Å². The molecule has 0 fully saturated rings. The molecule has 1 heterocycles. The van der Waals surface area contributed by atoms with Crippen molar-refractivity contribution in [3.05, 3.63) is 47.5 Å². The first kappa shape index (κ1) is 20.4. The summed E-state index contributed by atoms with van der Waals surface area (Å²) in [5.41, 5.74) is 1.80. The number of amides is 1. The van der Waals surface area contributed by atoms with E-state index in [9.17, 15) is 4.79 Å². The van der Waals surface area contributed by atoms with E-state index in [1.807, 2.05) is 50.2 Å². The van der Waals surface area contributed by atoms with E-state index in [1.165, 1.54) is 0 Å². The van der Waals surface area contributed by atoms with Crippen molar-refractivity contribution in [3.8, 4) is 0 Å². The number of benzene rings is 1. The number of aliphatic imine (C=N–C) groups is 1. The van der Waals surface area contributed by atoms with Gasteiger partial charge in [-0.25, -0.2) is 4.98 Å². The van der Waals surface area contributed by atoms with E-state index in [1.54, 1.807) is 30.0 Å². The summed E-state index contributed by atoms with van der Waals surface area (Å²) >= 11 is 0. The van der Waals surface area contributed by atoms with Crippen LogP contribution in [0.25, 0.3) is 0 Å². The minimum atomic E-state index is 0.0112. The van der Waals surface area contributed by atoms with E-state index in [0.717, 1.165) is 30.3 Å². The average Bonchev–Trinajstić information content (AvgIpc) is 3.05. The maximum absolute atomic E-state index is 12.1. The van der Waals surface area contributed by atoms with Crippen LogP contribution in [0, 0.1) is 0 Å². The Labute approximate surface area is 160 Å². The van der Waals surface area contributed by atoms with Crippen molar-refractivity contribution in [1.29, 1.82) is 0 Å². The van der Waals surface area contributed by atoms with Crippen molar-refractivity contribution >= 4 is 11.9 Å². The fraction of sp³-hybridized carbons (Fsp3) is 0.474. The molecule has 1 N–H and O–H groups in total. The summed E-state index contributed by atoms with van der Waals surface area (Å²) in [4.78, 5) is 24.7. The first-order valence-electron chi connectivity index (χ1n) is 9.05. The van der Waals surface area contributed by atoms with Crippen LogP contribution < -0.4 is 5.32 Å². The molecule has 1 aromatic heterocycles. The zero-order chi connectivity index (χ0) is 19.8. The molecule has 2 rings (SSSR count). The number of aromatic nitrogens is 3. The predicted molar refractivity (Wildman–Crippen MR) is 107 cm³/mol. The third kappa shape index (κ3) is 5.80. The lowest BCUT2D eigenvalue weighted by Crippen LogP contribution is -2.39. The molecule has 0 aliphatic rings. The number of hydrogen-bond donors (Lipinski definition) is 1. The van der Waals surface area contributed by atoms with E-state index in [4.69, 9.17) is 4.99 Å². The number of carbonyl (C=O) groups excluding carboxylic acids is 1. The van der Waals surface area contributed by atoms with E-state index in [-0.39, 0.29) is 5.91 Å². The Balaban J connectivity index is 2.01. The Morgan fingerprint density at radius 2 is 2.07 bits per heavy atom. The smallest absolute Gasteiger partial charge is 0.253 e. The van der Waals surface area contributed by atoms with Gasteiger partial charge in [-0.15, -0.1) is 0 Å². The SMILES string of the molecule is CCNC(=NCCc1cccc(C(=O)N(C)C)c1)N(C)Cc1ncnn1C. The molecule has 0 unspecified atom stereocenters. The van der Waals surface area contributed by atoms with Crippen molar-refractivity contribution in [2.24, 2.45) is 12.0 Å². The molecule has 0 atom stereocenters. The van der Waals surface area contributed by atoms with E-state index in [0.29, 0.717) is 18.7 Å². The molecular weight excluding hydrogens is 342 g/mol. The second-order valence-electron chi connectivity index (χ2n) is 6.54. The maximum atomic E-state index is 12.1. The molecule has 0 aliphatic carbocycles. The third-order valence-corrected chi connectivity index (χ3v) is 4.12. The predicted octanol–water partition coefficient (Wildman–Crippen LogP) is 1.16. The Bertz CT molecular complexity index is 782. The van der Waals surface area contributed by atoms with Crippen LogP contribution in [0.4, 0.5) is 0 Å². The summed E-state index contributed by atoms with van der Waals surface area (Å²) < 4.78 is 1.76. The van der Waals surface area contributed by atoms with Gasteiger partial charge >= 0.3 is 0 Å². The number of nitrogens with one attached hydrogen (secondary N) is 1. The molecule has 2 aromatic rings. The van der Waals surface area contributed by atoms with Crippen LogP contribution in [-0.2, 0) is 20.0 Å². The minimum Gasteiger partial charge on any atom is -0.357 e. The van der Waals surface area contributed by atoms with Gasteiger partial charge in [0.05, 0.1) is 6.54 Å². The molecule has 0 radical (unpaired) electrons. The van der Waals surface area contributed by atoms with Crippen molar-refractivity contribution < 1.29 is 4.79 Å². The number of carbonyl (C=O) groups is 1. The lowest BCUT2D eigenvalue weighted by Gasteiger charge is -2.21. The van der Waals surface area contributed by atoms with Crippen LogP contribution in [0.1, 0.15) is 28.7 Å². The Kier molecular flexibility index (Phi) is 7.34. The summed E-state index contributed by atoms with van der Waals surface area (Å²) in [6, 6.07) is 7.72. The van der Waals surface area contributed by atoms with Gasteiger partial charge in [-0.1, -0.05) is 12.1 Å². The van der Waals surface area contributed by atoms with Gasteiger partial charge in [-0.3, -0.25) is 14.5 Å². The van der Waals surface area contributed by atoms with E-state index in [2.05, 4.69) is 15.4 Å². The quantitative estimate of drug-likeness (QED) is 0.584. The van der Waals surface area contributed by atoms with Crippen molar-refractivity contribution in [3.63, 3.8) is 0 Å². The van der Waals surface area contributed by atoms with Crippen LogP contribution in [0.2, 0.25) is 0 Å². The zero-order valence-electron chi connectivity index (χ0n) is 16.8. The fourth-order valence-corrected chi connectivity index (χ4v) is 2.63. The van der Waals surface area contributed by atoms with Gasteiger partial charge in [-0.05, 0) is 31.0 Å². The van der Waals surface area contributed by atoms with Crippen LogP contribution >= 0.6 is 0 Å². The molecule has 146 valence electrons. The molecular formula is C19H29N7O. The topological polar surface area (TPSA) is 78.7 Å². The summed E-state index contributed by atoms with van der Waals surface area (Å²) in [6.45, 7) is 4.08. The highest BCUT2D eigenvalue weighted by atomic mass is 16.2. The molecule has 1 amide bonds. The highest BCUT2D eigenvalue weighted by Crippen LogP contribution is 2.08. The summed E-state index contributed by atoms with van der Waals surface area (Å²) in [6.07, 6.45) is 2.32. The normalized spacial score (nSPS) is 11.4. The van der Waals surface area contributed by atoms with Crippen LogP contribution in [0.15, 0.2) is 35.6 Å². The lowest BCUT2D eigenvalue weighted by atomic mass is 10.1. The van der Waals surface area contributed by atoms with Gasteiger partial charge in [0.1, 0.15) is 12.2 Å². The molecule has 8 heteroatoms. The number of rotatable bonds is 7. The summed E-state index contributed by atoms with van der Waals surface area (Å²) in [5.74, 6) is 1.70. The first-order chi connectivity index (χ1) is 12.9. The third-order valence-electron chi connectivity index (χ3n) is 4.12. The lowest BCUT2D eigenvalue weighted by molar-refractivity contribution is 0.0827. The summed E-state index contributed by atoms with van der Waals surface area (Å²) in [7, 11) is 7.37. The zero-order valence-corrected chi connectivity index (χ0v) is 16.8. The van der Waals surface area contributed by atoms with Gasteiger partial charge in [0.2, 0.25) is 0 Å². The van der Waals surface area contributed by atoms with Gasteiger partial charge in [0.15, 0.2) is 5.96 Å². The monoisotopic (exact) mass is 371 g/mol. The van der Waals surface area contributed by atoms with Gasteiger partial charge < -0.3 is 15.1 Å². The van der Waals surface area contributed by atoms with Crippen molar-refractivity contribution in [2.45, 2.75) is 19.9 Å². The molecule has 0 saturated heterocycles. The maximum Gasteiger partial charge on any atom is 0.253 e. The van der Waals surface area contributed by atoms with Crippen molar-refractivity contribution in [2.75, 3.05) is 34.2 Å². The van der Waals surface area contributed by atoms with Crippen LogP contribution in [0.3, 0.4) is 0 Å². The van der Waals surface area contributed by atoms with Crippen LogP contribution in [0.5, 0.6) is 0 Å². The van der Waals surface area contributed by atoms with Gasteiger partial charge in [-0.2, -0.15) is 5.10 Å². The molecule has 0 saturated carbocycles. The highest BCUT2D eigenvalue weighted by Gasteiger charge is 2.10. The first-order valence-corrected chi connectivity index (χ1v) is 9.05. The standard InChI is InChI=1S/C19H29N7O/c1-6-20-19(25(4)13-17-22-14-23-26(17)5)21-11-10-15-8-7-9-16(12-15)18(27)24(2)3/h7-9,12,14H,6,10-11,13H2,1-5H3,(H,20,21). The molecule has 1 aromatic carbocycles. The molecule has 27 heavy (non-hydrogen) atoms. The molecule has 0 bridgehead atoms. The molecule has 0 aliphatic heterocycles. The van der Waals surface area contributed by atoms with E-state index >= 15 is 0 Å². The van der Waals surface area contributed by atoms with Crippen molar-refractivity contribution in [1.82, 2.24) is 29.9 Å². The second kappa shape index (κ2) is 9.70. The largest absolute Gasteiger partial charge is 0.357 e. The Morgan fingerprint density at radius 1 is 1.30 bits per heavy atom. The minimum absolute atomic E-state index is 0.0112. The number of hydrogen-bond acceptors (Lipinski definition) is 4. The summed E-state index contributed by atoms with van der Waals surface area (Å²) in [5, 5.41) is 7.40. The number of aryl methyl sites for hydroxylation is 1. The Hall–Kier alpha value is -2.90. The van der Waals surface area contributed by atoms with Crippen LogP contribution in [-0.4, -0.2) is 70.7 Å². The number of guanidine groups is 1. The number of nitrogens with zero attached hydrogens (tertiary/aromatic N) is 6. The van der Waals surface area contributed by atoms with E-state index < -0.39 is 0 Å². The highest BCUT2D eigenvalue weighted by molar-refractivity contribution is 5.94. The Morgan fingerprint density at radius 3 is 2.70 bits per heavy atom. The fourth-order valence-electron chi connectivity index (χ4n) is 2.63. The molecule has 0 spiro atoms. The molecule has 8 nitrogen and oxygen atoms in total. The average molecular weight is 371 g/mol.